The largest absolute Gasteiger partial charge is 0.493 e. The summed E-state index contributed by atoms with van der Waals surface area (Å²) in [5, 5.41) is 9.31. The molecule has 3 rings (SSSR count). The van der Waals surface area contributed by atoms with Crippen LogP contribution in [-0.4, -0.2) is 6.61 Å². The van der Waals surface area contributed by atoms with Crippen molar-refractivity contribution in [1.82, 2.24) is 0 Å². The summed E-state index contributed by atoms with van der Waals surface area (Å²) in [7, 11) is 0. The standard InChI is InChI=1S/C14H14BrNO/c15-12-6-10-2-5-17-13(10)11(7-12)8-14(9-16)3-1-4-14/h6-7H,1-5,8H2. The Hall–Kier alpha value is -1.01. The van der Waals surface area contributed by atoms with E-state index in [1.165, 1.54) is 17.5 Å². The fourth-order valence-corrected chi connectivity index (χ4v) is 3.33. The summed E-state index contributed by atoms with van der Waals surface area (Å²) in [6, 6.07) is 6.75. The van der Waals surface area contributed by atoms with Crippen molar-refractivity contribution in [2.24, 2.45) is 5.41 Å². The third-order valence-corrected chi connectivity index (χ3v) is 4.36. The van der Waals surface area contributed by atoms with E-state index >= 15 is 0 Å². The molecule has 1 aliphatic carbocycles. The third-order valence-electron chi connectivity index (χ3n) is 3.90. The van der Waals surface area contributed by atoms with Crippen LogP contribution in [0.2, 0.25) is 0 Å². The number of ether oxygens (including phenoxy) is 1. The fraction of sp³-hybridized carbons (Fsp3) is 0.500. The lowest BCUT2D eigenvalue weighted by molar-refractivity contribution is 0.211. The van der Waals surface area contributed by atoms with Gasteiger partial charge in [0, 0.05) is 10.9 Å². The number of hydrogen-bond donors (Lipinski definition) is 0. The maximum absolute atomic E-state index is 9.31. The molecular weight excluding hydrogens is 278 g/mol. The van der Waals surface area contributed by atoms with Gasteiger partial charge < -0.3 is 4.74 Å². The van der Waals surface area contributed by atoms with E-state index in [1.807, 2.05) is 0 Å². The number of halogens is 1. The van der Waals surface area contributed by atoms with Crippen molar-refractivity contribution in [3.05, 3.63) is 27.7 Å². The molecule has 1 fully saturated rings. The number of hydrogen-bond acceptors (Lipinski definition) is 2. The zero-order valence-electron chi connectivity index (χ0n) is 9.63. The minimum atomic E-state index is -0.124. The minimum Gasteiger partial charge on any atom is -0.493 e. The van der Waals surface area contributed by atoms with E-state index in [4.69, 9.17) is 4.74 Å². The van der Waals surface area contributed by atoms with Crippen LogP contribution >= 0.6 is 15.9 Å². The van der Waals surface area contributed by atoms with E-state index in [1.54, 1.807) is 0 Å². The highest BCUT2D eigenvalue weighted by Crippen LogP contribution is 2.46. The molecule has 1 heterocycles. The van der Waals surface area contributed by atoms with Crippen molar-refractivity contribution in [2.45, 2.75) is 32.1 Å². The lowest BCUT2D eigenvalue weighted by Crippen LogP contribution is -2.30. The first kappa shape index (κ1) is 11.1. The van der Waals surface area contributed by atoms with Crippen LogP contribution in [0, 0.1) is 16.7 Å². The predicted octanol–water partition coefficient (Wildman–Crippen LogP) is 3.62. The van der Waals surface area contributed by atoms with Crippen molar-refractivity contribution >= 4 is 15.9 Å². The fourth-order valence-electron chi connectivity index (χ4n) is 2.77. The van der Waals surface area contributed by atoms with Crippen LogP contribution in [-0.2, 0) is 12.8 Å². The molecule has 0 unspecified atom stereocenters. The second-order valence-corrected chi connectivity index (χ2v) is 5.99. The lowest BCUT2D eigenvalue weighted by atomic mass is 9.66. The molecule has 1 aromatic carbocycles. The van der Waals surface area contributed by atoms with Crippen LogP contribution in [0.5, 0.6) is 5.75 Å². The molecule has 1 saturated carbocycles. The van der Waals surface area contributed by atoms with Crippen molar-refractivity contribution in [3.63, 3.8) is 0 Å². The Morgan fingerprint density at radius 2 is 2.24 bits per heavy atom. The van der Waals surface area contributed by atoms with E-state index < -0.39 is 0 Å². The SMILES string of the molecule is N#CC1(Cc2cc(Br)cc3c2OCC3)CCC1. The first-order valence-electron chi connectivity index (χ1n) is 6.08. The Labute approximate surface area is 110 Å². The normalized spacial score (nSPS) is 20.0. The summed E-state index contributed by atoms with van der Waals surface area (Å²) < 4.78 is 6.81. The number of nitriles is 1. The summed E-state index contributed by atoms with van der Waals surface area (Å²) in [5.74, 6) is 1.04. The number of fused-ring (bicyclic) bond motifs is 1. The second kappa shape index (κ2) is 4.03. The van der Waals surface area contributed by atoms with E-state index in [0.717, 1.165) is 42.5 Å². The van der Waals surface area contributed by atoms with Gasteiger partial charge in [0.15, 0.2) is 0 Å². The average Bonchev–Trinajstić information content (AvgIpc) is 2.71. The maximum Gasteiger partial charge on any atom is 0.125 e. The molecule has 0 bridgehead atoms. The summed E-state index contributed by atoms with van der Waals surface area (Å²) in [5.41, 5.74) is 2.36. The zero-order valence-corrected chi connectivity index (χ0v) is 11.2. The van der Waals surface area contributed by atoms with Crippen LogP contribution < -0.4 is 4.74 Å². The summed E-state index contributed by atoms with van der Waals surface area (Å²) in [6.45, 7) is 0.776. The number of nitrogens with zero attached hydrogens (tertiary/aromatic N) is 1. The van der Waals surface area contributed by atoms with Crippen LogP contribution in [0.4, 0.5) is 0 Å². The van der Waals surface area contributed by atoms with E-state index in [2.05, 4.69) is 34.1 Å². The molecule has 0 radical (unpaired) electrons. The van der Waals surface area contributed by atoms with Crippen LogP contribution in [0.3, 0.4) is 0 Å². The van der Waals surface area contributed by atoms with Gasteiger partial charge in [-0.05, 0) is 42.5 Å². The van der Waals surface area contributed by atoms with Gasteiger partial charge in [-0.1, -0.05) is 22.4 Å². The van der Waals surface area contributed by atoms with Crippen LogP contribution in [0.25, 0.3) is 0 Å². The summed E-state index contributed by atoms with van der Waals surface area (Å²) in [6.07, 6.45) is 5.08. The molecular formula is C14H14BrNO. The monoisotopic (exact) mass is 291 g/mol. The molecule has 0 amide bonds. The molecule has 0 aromatic heterocycles. The predicted molar refractivity (Wildman–Crippen MR) is 68.9 cm³/mol. The van der Waals surface area contributed by atoms with Crippen molar-refractivity contribution in [2.75, 3.05) is 6.61 Å². The Morgan fingerprint density at radius 3 is 2.88 bits per heavy atom. The smallest absolute Gasteiger partial charge is 0.125 e. The number of benzene rings is 1. The minimum absolute atomic E-state index is 0.124. The van der Waals surface area contributed by atoms with Gasteiger partial charge >= 0.3 is 0 Å². The molecule has 0 spiro atoms. The van der Waals surface area contributed by atoms with Gasteiger partial charge in [-0.15, -0.1) is 0 Å². The van der Waals surface area contributed by atoms with Crippen LogP contribution in [0.1, 0.15) is 30.4 Å². The Morgan fingerprint density at radius 1 is 1.41 bits per heavy atom. The molecule has 0 atom stereocenters. The zero-order chi connectivity index (χ0) is 11.9. The molecule has 2 nitrogen and oxygen atoms in total. The molecule has 0 saturated heterocycles. The average molecular weight is 292 g/mol. The van der Waals surface area contributed by atoms with Crippen molar-refractivity contribution in [3.8, 4) is 11.8 Å². The molecule has 1 aromatic rings. The Bertz CT molecular complexity index is 500. The highest BCUT2D eigenvalue weighted by atomic mass is 79.9. The topological polar surface area (TPSA) is 33.0 Å². The first-order valence-corrected chi connectivity index (χ1v) is 6.87. The first-order chi connectivity index (χ1) is 8.22. The van der Waals surface area contributed by atoms with Gasteiger partial charge in [0.05, 0.1) is 18.1 Å². The van der Waals surface area contributed by atoms with Crippen LogP contribution in [0.15, 0.2) is 16.6 Å². The Balaban J connectivity index is 1.96. The van der Waals surface area contributed by atoms with Gasteiger partial charge in [0.1, 0.15) is 5.75 Å². The van der Waals surface area contributed by atoms with Gasteiger partial charge in [-0.25, -0.2) is 0 Å². The van der Waals surface area contributed by atoms with Gasteiger partial charge in [-0.3, -0.25) is 0 Å². The van der Waals surface area contributed by atoms with Crippen molar-refractivity contribution in [1.29, 1.82) is 5.26 Å². The lowest BCUT2D eigenvalue weighted by Gasteiger charge is -2.35. The summed E-state index contributed by atoms with van der Waals surface area (Å²) >= 11 is 3.55. The highest BCUT2D eigenvalue weighted by Gasteiger charge is 2.38. The second-order valence-electron chi connectivity index (χ2n) is 5.07. The van der Waals surface area contributed by atoms with E-state index in [9.17, 15) is 5.26 Å². The van der Waals surface area contributed by atoms with Gasteiger partial charge in [-0.2, -0.15) is 5.26 Å². The van der Waals surface area contributed by atoms with Crippen molar-refractivity contribution < 1.29 is 4.74 Å². The molecule has 88 valence electrons. The Kier molecular flexibility index (Phi) is 2.63. The van der Waals surface area contributed by atoms with Gasteiger partial charge in [0.2, 0.25) is 0 Å². The van der Waals surface area contributed by atoms with E-state index in [0.29, 0.717) is 0 Å². The molecule has 2 aliphatic rings. The molecule has 17 heavy (non-hydrogen) atoms. The molecule has 1 aliphatic heterocycles. The molecule has 3 heteroatoms. The molecule has 0 N–H and O–H groups in total. The number of rotatable bonds is 2. The quantitative estimate of drug-likeness (QED) is 0.834. The summed E-state index contributed by atoms with van der Waals surface area (Å²) in [4.78, 5) is 0. The van der Waals surface area contributed by atoms with E-state index in [-0.39, 0.29) is 5.41 Å². The van der Waals surface area contributed by atoms with Gasteiger partial charge in [0.25, 0.3) is 0 Å². The third kappa shape index (κ3) is 1.85. The maximum atomic E-state index is 9.31. The highest BCUT2D eigenvalue weighted by molar-refractivity contribution is 9.10.